The van der Waals surface area contributed by atoms with Crippen LogP contribution in [0.15, 0.2) is 41.0 Å². The number of aryl methyl sites for hydroxylation is 1. The van der Waals surface area contributed by atoms with E-state index >= 15 is 0 Å². The summed E-state index contributed by atoms with van der Waals surface area (Å²) in [4.78, 5) is 0.217. The van der Waals surface area contributed by atoms with E-state index in [1.807, 2.05) is 0 Å². The summed E-state index contributed by atoms with van der Waals surface area (Å²) in [6.45, 7) is 6.62. The molecule has 1 unspecified atom stereocenters. The highest BCUT2D eigenvalue weighted by atomic mass is 79.9. The molecule has 102 valence electrons. The van der Waals surface area contributed by atoms with Gasteiger partial charge in [0.1, 0.15) is 5.76 Å². The first kappa shape index (κ1) is 14.4. The van der Waals surface area contributed by atoms with Crippen molar-refractivity contribution in [2.45, 2.75) is 38.4 Å². The number of benzene rings is 1. The molecule has 1 nitrogen and oxygen atoms in total. The number of halogens is 1. The molecule has 0 aliphatic carbocycles. The maximum Gasteiger partial charge on any atom is 0.108 e. The third kappa shape index (κ3) is 3.50. The number of rotatable bonds is 5. The van der Waals surface area contributed by atoms with Crippen molar-refractivity contribution in [3.63, 3.8) is 0 Å². The van der Waals surface area contributed by atoms with Crippen LogP contribution in [0.25, 0.3) is 0 Å². The molecule has 19 heavy (non-hydrogen) atoms. The first-order valence-corrected chi connectivity index (χ1v) is 7.82. The monoisotopic (exact) mass is 320 g/mol. The highest BCUT2D eigenvalue weighted by molar-refractivity contribution is 9.09. The summed E-state index contributed by atoms with van der Waals surface area (Å²) >= 11 is 3.78. The minimum absolute atomic E-state index is 0.217. The summed E-state index contributed by atoms with van der Waals surface area (Å²) in [7, 11) is 0. The smallest absolute Gasteiger partial charge is 0.108 e. The van der Waals surface area contributed by atoms with Crippen molar-refractivity contribution in [3.8, 4) is 0 Å². The average Bonchev–Trinajstić information content (AvgIpc) is 2.86. The Morgan fingerprint density at radius 2 is 1.79 bits per heavy atom. The molecule has 0 radical (unpaired) electrons. The summed E-state index contributed by atoms with van der Waals surface area (Å²) in [6.07, 6.45) is 3.84. The molecule has 0 bridgehead atoms. The van der Waals surface area contributed by atoms with Gasteiger partial charge in [-0.15, -0.1) is 0 Å². The molecule has 2 aromatic rings. The summed E-state index contributed by atoms with van der Waals surface area (Å²) in [5.41, 5.74) is 3.92. The standard InChI is InChI=1S/C17H21BrO/c1-4-16-15(9-10-19-16)17(18)14-7-5-13(6-8-14)11-12(2)3/h5-10,12,17H,4,11H2,1-3H3. The lowest BCUT2D eigenvalue weighted by Crippen LogP contribution is -1.97. The Hall–Kier alpha value is -1.02. The van der Waals surface area contributed by atoms with Gasteiger partial charge in [-0.2, -0.15) is 0 Å². The number of hydrogen-bond acceptors (Lipinski definition) is 1. The number of furan rings is 1. The molecule has 0 N–H and O–H groups in total. The van der Waals surface area contributed by atoms with Crippen molar-refractivity contribution in [2.24, 2.45) is 5.92 Å². The average molecular weight is 321 g/mol. The molecule has 0 saturated heterocycles. The first-order chi connectivity index (χ1) is 9.11. The van der Waals surface area contributed by atoms with Crippen LogP contribution >= 0.6 is 15.9 Å². The summed E-state index contributed by atoms with van der Waals surface area (Å²) in [6, 6.07) is 10.9. The maximum absolute atomic E-state index is 5.50. The second-order valence-electron chi connectivity index (χ2n) is 5.35. The predicted molar refractivity (Wildman–Crippen MR) is 83.8 cm³/mol. The van der Waals surface area contributed by atoms with Crippen molar-refractivity contribution in [1.82, 2.24) is 0 Å². The van der Waals surface area contributed by atoms with Crippen molar-refractivity contribution >= 4 is 15.9 Å². The van der Waals surface area contributed by atoms with Gasteiger partial charge in [-0.05, 0) is 29.5 Å². The minimum atomic E-state index is 0.217. The van der Waals surface area contributed by atoms with Gasteiger partial charge >= 0.3 is 0 Å². The van der Waals surface area contributed by atoms with Gasteiger partial charge in [0.05, 0.1) is 11.1 Å². The van der Waals surface area contributed by atoms with Gasteiger partial charge in [0.15, 0.2) is 0 Å². The third-order valence-corrected chi connectivity index (χ3v) is 4.31. The zero-order valence-corrected chi connectivity index (χ0v) is 13.4. The van der Waals surface area contributed by atoms with E-state index in [1.165, 1.54) is 16.7 Å². The first-order valence-electron chi connectivity index (χ1n) is 6.91. The zero-order valence-electron chi connectivity index (χ0n) is 11.8. The fourth-order valence-electron chi connectivity index (χ4n) is 2.34. The van der Waals surface area contributed by atoms with E-state index < -0.39 is 0 Å². The largest absolute Gasteiger partial charge is 0.469 e. The quantitative estimate of drug-likeness (QED) is 0.660. The Bertz CT molecular complexity index is 510. The molecule has 1 aromatic heterocycles. The highest BCUT2D eigenvalue weighted by Crippen LogP contribution is 2.34. The van der Waals surface area contributed by atoms with Crippen molar-refractivity contribution in [3.05, 3.63) is 59.0 Å². The van der Waals surface area contributed by atoms with E-state index in [0.717, 1.165) is 18.6 Å². The van der Waals surface area contributed by atoms with Crippen LogP contribution in [0, 0.1) is 5.92 Å². The molecule has 2 rings (SSSR count). The Kier molecular flexibility index (Phi) is 4.87. The van der Waals surface area contributed by atoms with E-state index in [-0.39, 0.29) is 4.83 Å². The van der Waals surface area contributed by atoms with Crippen LogP contribution in [0.5, 0.6) is 0 Å². The molecule has 1 heterocycles. The van der Waals surface area contributed by atoms with Gasteiger partial charge in [0.25, 0.3) is 0 Å². The number of hydrogen-bond donors (Lipinski definition) is 0. The molecule has 0 aliphatic rings. The third-order valence-electron chi connectivity index (χ3n) is 3.29. The lowest BCUT2D eigenvalue weighted by atomic mass is 9.99. The lowest BCUT2D eigenvalue weighted by molar-refractivity contribution is 0.512. The molecule has 1 atom stereocenters. The summed E-state index contributed by atoms with van der Waals surface area (Å²) in [5.74, 6) is 1.76. The SMILES string of the molecule is CCc1occc1C(Br)c1ccc(CC(C)C)cc1. The van der Waals surface area contributed by atoms with Gasteiger partial charge in [-0.3, -0.25) is 0 Å². The van der Waals surface area contributed by atoms with E-state index in [4.69, 9.17) is 4.42 Å². The van der Waals surface area contributed by atoms with Crippen LogP contribution in [0.2, 0.25) is 0 Å². The highest BCUT2D eigenvalue weighted by Gasteiger charge is 2.16. The van der Waals surface area contributed by atoms with Crippen molar-refractivity contribution in [1.29, 1.82) is 0 Å². The van der Waals surface area contributed by atoms with Crippen LogP contribution < -0.4 is 0 Å². The van der Waals surface area contributed by atoms with Crippen LogP contribution in [-0.2, 0) is 12.8 Å². The second kappa shape index (κ2) is 6.42. The maximum atomic E-state index is 5.50. The Morgan fingerprint density at radius 3 is 2.37 bits per heavy atom. The van der Waals surface area contributed by atoms with Crippen LogP contribution in [0.1, 0.15) is 48.0 Å². The van der Waals surface area contributed by atoms with Crippen molar-refractivity contribution in [2.75, 3.05) is 0 Å². The molecule has 0 fully saturated rings. The number of alkyl halides is 1. The van der Waals surface area contributed by atoms with Gasteiger partial charge in [0, 0.05) is 12.0 Å². The van der Waals surface area contributed by atoms with E-state index in [0.29, 0.717) is 5.92 Å². The van der Waals surface area contributed by atoms with Crippen LogP contribution in [0.4, 0.5) is 0 Å². The predicted octanol–water partition coefficient (Wildman–Crippen LogP) is 5.52. The molecule has 0 spiro atoms. The van der Waals surface area contributed by atoms with Gasteiger partial charge in [0.2, 0.25) is 0 Å². The lowest BCUT2D eigenvalue weighted by Gasteiger charge is -2.12. The second-order valence-corrected chi connectivity index (χ2v) is 6.27. The minimum Gasteiger partial charge on any atom is -0.469 e. The Labute approximate surface area is 124 Å². The van der Waals surface area contributed by atoms with Gasteiger partial charge < -0.3 is 4.42 Å². The molecule has 2 heteroatoms. The van der Waals surface area contributed by atoms with Crippen molar-refractivity contribution < 1.29 is 4.42 Å². The molecule has 0 saturated carbocycles. The molecule has 0 aliphatic heterocycles. The van der Waals surface area contributed by atoms with Gasteiger partial charge in [-0.25, -0.2) is 0 Å². The zero-order chi connectivity index (χ0) is 13.8. The normalized spacial score (nSPS) is 12.9. The van der Waals surface area contributed by atoms with E-state index in [2.05, 4.69) is 67.0 Å². The van der Waals surface area contributed by atoms with E-state index in [1.54, 1.807) is 6.26 Å². The van der Waals surface area contributed by atoms with Gasteiger partial charge in [-0.1, -0.05) is 61.0 Å². The summed E-state index contributed by atoms with van der Waals surface area (Å²) < 4.78 is 5.50. The Balaban J connectivity index is 2.18. The molecular weight excluding hydrogens is 300 g/mol. The fourth-order valence-corrected chi connectivity index (χ4v) is 3.05. The van der Waals surface area contributed by atoms with E-state index in [9.17, 15) is 0 Å². The van der Waals surface area contributed by atoms with Crippen LogP contribution in [-0.4, -0.2) is 0 Å². The van der Waals surface area contributed by atoms with Crippen LogP contribution in [0.3, 0.4) is 0 Å². The fraction of sp³-hybridized carbons (Fsp3) is 0.412. The molecule has 1 aromatic carbocycles. The molecular formula is C17H21BrO. The Morgan fingerprint density at radius 1 is 1.11 bits per heavy atom. The summed E-state index contributed by atoms with van der Waals surface area (Å²) in [5, 5.41) is 0. The topological polar surface area (TPSA) is 13.1 Å². The molecule has 0 amide bonds.